The lowest BCUT2D eigenvalue weighted by atomic mass is 10.1. The predicted octanol–water partition coefficient (Wildman–Crippen LogP) is 3.21. The van der Waals surface area contributed by atoms with Crippen molar-refractivity contribution in [3.8, 4) is 22.7 Å². The first-order valence-corrected chi connectivity index (χ1v) is 11.0. The number of nitro benzene ring substituents is 1. The molecule has 1 aliphatic heterocycles. The van der Waals surface area contributed by atoms with Crippen molar-refractivity contribution in [3.63, 3.8) is 0 Å². The molecule has 2 heterocycles. The van der Waals surface area contributed by atoms with E-state index in [9.17, 15) is 20.0 Å². The third kappa shape index (κ3) is 4.72. The van der Waals surface area contributed by atoms with Crippen molar-refractivity contribution >= 4 is 17.1 Å². The summed E-state index contributed by atoms with van der Waals surface area (Å²) in [6.45, 7) is 4.84. The fourth-order valence-electron chi connectivity index (χ4n) is 4.00. The van der Waals surface area contributed by atoms with Crippen LogP contribution in [0.2, 0.25) is 0 Å². The predicted molar refractivity (Wildman–Crippen MR) is 130 cm³/mol. The normalized spacial score (nSPS) is 15.6. The van der Waals surface area contributed by atoms with E-state index in [1.54, 1.807) is 37.4 Å². The highest BCUT2D eigenvalue weighted by Gasteiger charge is 2.25. The zero-order valence-electron chi connectivity index (χ0n) is 19.3. The van der Waals surface area contributed by atoms with Gasteiger partial charge >= 0.3 is 0 Å². The summed E-state index contributed by atoms with van der Waals surface area (Å²) in [6.07, 6.45) is 0.149. The average molecular weight is 466 g/mol. The number of hydrogen-bond acceptors (Lipinski definition) is 8. The summed E-state index contributed by atoms with van der Waals surface area (Å²) in [5, 5.41) is 29.4. The molecule has 0 bridgehead atoms. The molecule has 2 N–H and O–H groups in total. The Balaban J connectivity index is 1.93. The molecule has 1 fully saturated rings. The largest absolute Gasteiger partial charge is 0.497 e. The van der Waals surface area contributed by atoms with Crippen molar-refractivity contribution in [3.05, 3.63) is 69.0 Å². The van der Waals surface area contributed by atoms with Crippen molar-refractivity contribution in [1.29, 1.82) is 0 Å². The standard InChI is InChI=1S/C24H27N5O5/c1-15(2)25-21-13-20(16-5-4-6-19(11-16)34-3)26-28(24(21)31)23-12-17(7-8-22(23)29(32)33)27-10-9-18(30)14-27/h4-8,11-13,15,18,25,30H,9-10,14H2,1-3H3/t18-/m1/s1. The summed E-state index contributed by atoms with van der Waals surface area (Å²) in [7, 11) is 1.56. The lowest BCUT2D eigenvalue weighted by Gasteiger charge is -2.19. The van der Waals surface area contributed by atoms with E-state index in [4.69, 9.17) is 4.74 Å². The Hall–Kier alpha value is -3.92. The number of ether oxygens (including phenoxy) is 1. The molecule has 10 nitrogen and oxygen atoms in total. The molecular formula is C24H27N5O5. The van der Waals surface area contributed by atoms with Gasteiger partial charge in [-0.15, -0.1) is 0 Å². The number of rotatable bonds is 7. The van der Waals surface area contributed by atoms with E-state index in [0.717, 1.165) is 4.68 Å². The number of aliphatic hydroxyl groups is 1. The Bertz CT molecular complexity index is 1270. The summed E-state index contributed by atoms with van der Waals surface area (Å²) in [5.41, 5.74) is 1.43. The molecule has 0 unspecified atom stereocenters. The molecule has 1 atom stereocenters. The van der Waals surface area contributed by atoms with Gasteiger partial charge in [0.1, 0.15) is 17.1 Å². The Labute approximate surface area is 196 Å². The van der Waals surface area contributed by atoms with Crippen molar-refractivity contribution in [2.45, 2.75) is 32.4 Å². The number of nitrogens with one attached hydrogen (secondary N) is 1. The first-order chi connectivity index (χ1) is 16.3. The molecule has 4 rings (SSSR count). The molecule has 0 saturated carbocycles. The minimum Gasteiger partial charge on any atom is -0.497 e. The number of aliphatic hydroxyl groups excluding tert-OH is 1. The van der Waals surface area contributed by atoms with Crippen LogP contribution in [0.5, 0.6) is 5.75 Å². The molecule has 0 spiro atoms. The van der Waals surface area contributed by atoms with Crippen LogP contribution in [0, 0.1) is 10.1 Å². The first kappa shape index (κ1) is 23.2. The first-order valence-electron chi connectivity index (χ1n) is 11.0. The molecule has 1 aliphatic rings. The van der Waals surface area contributed by atoms with E-state index in [1.165, 1.54) is 6.07 Å². The number of nitrogens with zero attached hydrogens (tertiary/aromatic N) is 4. The van der Waals surface area contributed by atoms with Crippen LogP contribution in [0.25, 0.3) is 16.9 Å². The molecule has 0 amide bonds. The van der Waals surface area contributed by atoms with Crippen LogP contribution in [0.15, 0.2) is 53.3 Å². The smallest absolute Gasteiger partial charge is 0.295 e. The Morgan fingerprint density at radius 2 is 2.03 bits per heavy atom. The zero-order valence-corrected chi connectivity index (χ0v) is 19.3. The van der Waals surface area contributed by atoms with Crippen LogP contribution in [0.3, 0.4) is 0 Å². The van der Waals surface area contributed by atoms with Crippen molar-refractivity contribution in [2.24, 2.45) is 0 Å². The van der Waals surface area contributed by atoms with E-state index in [1.807, 2.05) is 30.9 Å². The van der Waals surface area contributed by atoms with Gasteiger partial charge in [-0.2, -0.15) is 9.78 Å². The Morgan fingerprint density at radius 3 is 2.68 bits per heavy atom. The van der Waals surface area contributed by atoms with Gasteiger partial charge in [0, 0.05) is 36.4 Å². The molecule has 2 aromatic carbocycles. The summed E-state index contributed by atoms with van der Waals surface area (Å²) in [6, 6.07) is 13.4. The van der Waals surface area contributed by atoms with Gasteiger partial charge in [0.2, 0.25) is 0 Å². The van der Waals surface area contributed by atoms with Gasteiger partial charge in [-0.05, 0) is 50.6 Å². The van der Waals surface area contributed by atoms with Crippen LogP contribution in [-0.4, -0.2) is 52.2 Å². The maximum atomic E-state index is 13.4. The van der Waals surface area contributed by atoms with Crippen LogP contribution in [-0.2, 0) is 0 Å². The number of aromatic nitrogens is 2. The molecule has 3 aromatic rings. The second-order valence-electron chi connectivity index (χ2n) is 8.51. The number of nitro groups is 1. The number of anilines is 2. The van der Waals surface area contributed by atoms with Gasteiger partial charge in [-0.25, -0.2) is 0 Å². The summed E-state index contributed by atoms with van der Waals surface area (Å²) in [4.78, 5) is 26.7. The van der Waals surface area contributed by atoms with Gasteiger partial charge in [0.15, 0.2) is 0 Å². The maximum Gasteiger partial charge on any atom is 0.295 e. The van der Waals surface area contributed by atoms with E-state index in [0.29, 0.717) is 42.2 Å². The monoisotopic (exact) mass is 465 g/mol. The topological polar surface area (TPSA) is 123 Å². The van der Waals surface area contributed by atoms with E-state index in [-0.39, 0.29) is 23.1 Å². The minimum absolute atomic E-state index is 0.0471. The molecule has 0 aliphatic carbocycles. The molecule has 0 radical (unpaired) electrons. The van der Waals surface area contributed by atoms with Crippen molar-refractivity contribution in [2.75, 3.05) is 30.4 Å². The summed E-state index contributed by atoms with van der Waals surface area (Å²) >= 11 is 0. The van der Waals surface area contributed by atoms with Gasteiger partial charge in [0.25, 0.3) is 11.2 Å². The van der Waals surface area contributed by atoms with E-state index in [2.05, 4.69) is 10.4 Å². The number of methoxy groups -OCH3 is 1. The molecular weight excluding hydrogens is 438 g/mol. The second-order valence-corrected chi connectivity index (χ2v) is 8.51. The summed E-state index contributed by atoms with van der Waals surface area (Å²) in [5.74, 6) is 0.621. The third-order valence-electron chi connectivity index (χ3n) is 5.63. The Kier molecular flexibility index (Phi) is 6.51. The fourth-order valence-corrected chi connectivity index (χ4v) is 4.00. The quantitative estimate of drug-likeness (QED) is 0.403. The molecule has 178 valence electrons. The average Bonchev–Trinajstić information content (AvgIpc) is 3.26. The highest BCUT2D eigenvalue weighted by Crippen LogP contribution is 2.30. The van der Waals surface area contributed by atoms with Crippen LogP contribution in [0.4, 0.5) is 17.1 Å². The third-order valence-corrected chi connectivity index (χ3v) is 5.63. The van der Waals surface area contributed by atoms with Gasteiger partial charge in [0.05, 0.1) is 23.8 Å². The van der Waals surface area contributed by atoms with Crippen LogP contribution < -0.4 is 20.5 Å². The lowest BCUT2D eigenvalue weighted by molar-refractivity contribution is -0.384. The van der Waals surface area contributed by atoms with E-state index >= 15 is 0 Å². The Morgan fingerprint density at radius 1 is 1.24 bits per heavy atom. The van der Waals surface area contributed by atoms with Gasteiger partial charge in [-0.1, -0.05) is 12.1 Å². The van der Waals surface area contributed by atoms with Gasteiger partial charge < -0.3 is 20.1 Å². The molecule has 1 aromatic heterocycles. The van der Waals surface area contributed by atoms with Gasteiger partial charge in [-0.3, -0.25) is 14.9 Å². The zero-order chi connectivity index (χ0) is 24.4. The molecule has 1 saturated heterocycles. The highest BCUT2D eigenvalue weighted by molar-refractivity contribution is 5.67. The molecule has 34 heavy (non-hydrogen) atoms. The summed E-state index contributed by atoms with van der Waals surface area (Å²) < 4.78 is 6.39. The second kappa shape index (κ2) is 9.52. The van der Waals surface area contributed by atoms with E-state index < -0.39 is 16.6 Å². The van der Waals surface area contributed by atoms with Crippen molar-refractivity contribution in [1.82, 2.24) is 9.78 Å². The minimum atomic E-state index is -0.528. The number of β-amino-alcohol motifs (C(OH)–C–C–N with tert-alkyl or cyclic N) is 1. The SMILES string of the molecule is COc1cccc(-c2cc(NC(C)C)c(=O)n(-c3cc(N4CC[C@@H](O)C4)ccc3[N+](=O)[O-])n2)c1. The lowest BCUT2D eigenvalue weighted by Crippen LogP contribution is -2.28. The van der Waals surface area contributed by atoms with Crippen molar-refractivity contribution < 1.29 is 14.8 Å². The number of hydrogen-bond donors (Lipinski definition) is 2. The molecule has 10 heteroatoms. The van der Waals surface area contributed by atoms with Crippen LogP contribution in [0.1, 0.15) is 20.3 Å². The highest BCUT2D eigenvalue weighted by atomic mass is 16.6. The fraction of sp³-hybridized carbons (Fsp3) is 0.333. The number of benzene rings is 2. The van der Waals surface area contributed by atoms with Crippen LogP contribution >= 0.6 is 0 Å². The maximum absolute atomic E-state index is 13.4.